The minimum Gasteiger partial charge on any atom is -0.335 e. The first-order chi connectivity index (χ1) is 8.93. The van der Waals surface area contributed by atoms with Crippen molar-refractivity contribution in [3.63, 3.8) is 0 Å². The summed E-state index contributed by atoms with van der Waals surface area (Å²) >= 11 is 2.99. The van der Waals surface area contributed by atoms with Crippen molar-refractivity contribution in [2.24, 2.45) is 11.7 Å². The number of hydrogen-bond acceptors (Lipinski definition) is 2. The highest BCUT2D eigenvalue weighted by molar-refractivity contribution is 9.10. The Morgan fingerprint density at radius 2 is 2.05 bits per heavy atom. The quantitative estimate of drug-likeness (QED) is 0.904. The van der Waals surface area contributed by atoms with Gasteiger partial charge in [0.15, 0.2) is 0 Å². The van der Waals surface area contributed by atoms with Gasteiger partial charge in [0.1, 0.15) is 17.2 Å². The van der Waals surface area contributed by atoms with E-state index in [0.717, 1.165) is 18.6 Å². The van der Waals surface area contributed by atoms with Gasteiger partial charge >= 0.3 is 0 Å². The zero-order valence-electron chi connectivity index (χ0n) is 10.5. The van der Waals surface area contributed by atoms with E-state index in [9.17, 15) is 13.6 Å². The molecular weight excluding hydrogens is 318 g/mol. The molecule has 0 bridgehead atoms. The second-order valence-corrected chi connectivity index (χ2v) is 5.80. The van der Waals surface area contributed by atoms with Gasteiger partial charge in [0.05, 0.1) is 0 Å². The van der Waals surface area contributed by atoms with E-state index in [-0.39, 0.29) is 16.4 Å². The fourth-order valence-corrected chi connectivity index (χ4v) is 2.89. The molecule has 1 heterocycles. The van der Waals surface area contributed by atoms with E-state index in [2.05, 4.69) is 15.9 Å². The van der Waals surface area contributed by atoms with E-state index >= 15 is 0 Å². The van der Waals surface area contributed by atoms with Crippen LogP contribution < -0.4 is 5.73 Å². The van der Waals surface area contributed by atoms with Gasteiger partial charge in [-0.15, -0.1) is 0 Å². The van der Waals surface area contributed by atoms with Crippen LogP contribution in [0.5, 0.6) is 0 Å². The van der Waals surface area contributed by atoms with E-state index < -0.39 is 23.1 Å². The second kappa shape index (κ2) is 5.54. The molecular formula is C13H15BrF2N2O. The molecule has 1 amide bonds. The minimum absolute atomic E-state index is 0.0523. The third kappa shape index (κ3) is 2.79. The van der Waals surface area contributed by atoms with Gasteiger partial charge in [-0.25, -0.2) is 8.78 Å². The van der Waals surface area contributed by atoms with Crippen LogP contribution in [0.1, 0.15) is 23.7 Å². The summed E-state index contributed by atoms with van der Waals surface area (Å²) in [6.45, 7) is 2.78. The Morgan fingerprint density at radius 1 is 1.47 bits per heavy atom. The summed E-state index contributed by atoms with van der Waals surface area (Å²) < 4.78 is 27.8. The largest absolute Gasteiger partial charge is 0.335 e. The molecule has 0 spiro atoms. The van der Waals surface area contributed by atoms with Gasteiger partial charge < -0.3 is 10.6 Å². The number of benzene rings is 1. The molecule has 0 aliphatic carbocycles. The van der Waals surface area contributed by atoms with Crippen molar-refractivity contribution in [2.45, 2.75) is 19.4 Å². The van der Waals surface area contributed by atoms with Gasteiger partial charge in [-0.2, -0.15) is 0 Å². The molecule has 1 aliphatic rings. The zero-order valence-corrected chi connectivity index (χ0v) is 12.1. The van der Waals surface area contributed by atoms with Crippen LogP contribution >= 0.6 is 15.9 Å². The number of nitrogens with zero attached hydrogens (tertiary/aromatic N) is 1. The fourth-order valence-electron chi connectivity index (χ4n) is 2.49. The van der Waals surface area contributed by atoms with E-state index in [0.29, 0.717) is 13.1 Å². The summed E-state index contributed by atoms with van der Waals surface area (Å²) in [5, 5.41) is 0. The van der Waals surface area contributed by atoms with Crippen molar-refractivity contribution in [2.75, 3.05) is 13.1 Å². The molecule has 3 nitrogen and oxygen atoms in total. The Labute approximate surface area is 118 Å². The van der Waals surface area contributed by atoms with Gasteiger partial charge in [0.25, 0.3) is 5.91 Å². The van der Waals surface area contributed by atoms with E-state index in [1.807, 2.05) is 6.92 Å². The SMILES string of the molecule is CC1CC(CN)CN1C(=O)c1c(F)cc(Br)cc1F. The molecule has 2 rings (SSSR count). The summed E-state index contributed by atoms with van der Waals surface area (Å²) in [7, 11) is 0. The molecule has 1 aliphatic heterocycles. The van der Waals surface area contributed by atoms with Crippen molar-refractivity contribution < 1.29 is 13.6 Å². The predicted molar refractivity (Wildman–Crippen MR) is 71.7 cm³/mol. The molecule has 2 atom stereocenters. The van der Waals surface area contributed by atoms with E-state index in [1.165, 1.54) is 4.90 Å². The zero-order chi connectivity index (χ0) is 14.2. The molecule has 1 saturated heterocycles. The van der Waals surface area contributed by atoms with Crippen LogP contribution in [-0.4, -0.2) is 29.9 Å². The Bertz CT molecular complexity index is 486. The topological polar surface area (TPSA) is 46.3 Å². The summed E-state index contributed by atoms with van der Waals surface area (Å²) in [5.41, 5.74) is 5.09. The van der Waals surface area contributed by atoms with Gasteiger partial charge in [-0.1, -0.05) is 15.9 Å². The number of nitrogens with two attached hydrogens (primary N) is 1. The second-order valence-electron chi connectivity index (χ2n) is 4.89. The van der Waals surface area contributed by atoms with Crippen LogP contribution in [0.2, 0.25) is 0 Å². The van der Waals surface area contributed by atoms with Gasteiger partial charge in [-0.3, -0.25) is 4.79 Å². The molecule has 1 aromatic carbocycles. The highest BCUT2D eigenvalue weighted by atomic mass is 79.9. The van der Waals surface area contributed by atoms with Gasteiger partial charge in [0, 0.05) is 17.1 Å². The molecule has 0 aromatic heterocycles. The molecule has 0 saturated carbocycles. The van der Waals surface area contributed by atoms with E-state index in [4.69, 9.17) is 5.73 Å². The first-order valence-corrected chi connectivity index (χ1v) is 6.89. The van der Waals surface area contributed by atoms with E-state index in [1.54, 1.807) is 0 Å². The van der Waals surface area contributed by atoms with Crippen LogP contribution in [-0.2, 0) is 0 Å². The van der Waals surface area contributed by atoms with Gasteiger partial charge in [0.2, 0.25) is 0 Å². The summed E-state index contributed by atoms with van der Waals surface area (Å²) in [6.07, 6.45) is 0.766. The molecule has 0 radical (unpaired) electrons. The maximum absolute atomic E-state index is 13.8. The van der Waals surface area contributed by atoms with Crippen molar-refractivity contribution in [1.82, 2.24) is 4.90 Å². The molecule has 19 heavy (non-hydrogen) atoms. The average molecular weight is 333 g/mol. The lowest BCUT2D eigenvalue weighted by atomic mass is 10.1. The van der Waals surface area contributed by atoms with Crippen LogP contribution in [0.3, 0.4) is 0 Å². The summed E-state index contributed by atoms with van der Waals surface area (Å²) in [5.74, 6) is -2.10. The van der Waals surface area contributed by atoms with Crippen LogP contribution in [0.4, 0.5) is 8.78 Å². The third-order valence-electron chi connectivity index (χ3n) is 3.48. The van der Waals surface area contributed by atoms with Crippen molar-refractivity contribution in [3.8, 4) is 0 Å². The Balaban J connectivity index is 2.30. The molecule has 104 valence electrons. The normalized spacial score (nSPS) is 22.9. The first kappa shape index (κ1) is 14.4. The lowest BCUT2D eigenvalue weighted by Crippen LogP contribution is -2.35. The van der Waals surface area contributed by atoms with Crippen molar-refractivity contribution in [1.29, 1.82) is 0 Å². The minimum atomic E-state index is -0.847. The molecule has 6 heteroatoms. The number of hydrogen-bond donors (Lipinski definition) is 1. The van der Waals surface area contributed by atoms with Crippen LogP contribution in [0, 0.1) is 17.6 Å². The maximum Gasteiger partial charge on any atom is 0.260 e. The number of halogens is 3. The number of likely N-dealkylation sites (tertiary alicyclic amines) is 1. The van der Waals surface area contributed by atoms with Crippen molar-refractivity contribution in [3.05, 3.63) is 33.8 Å². The number of carbonyl (C=O) groups excluding carboxylic acids is 1. The molecule has 1 fully saturated rings. The summed E-state index contributed by atoms with van der Waals surface area (Å²) in [6, 6.07) is 2.14. The lowest BCUT2D eigenvalue weighted by molar-refractivity contribution is 0.0733. The Hall–Kier alpha value is -1.01. The average Bonchev–Trinajstić information content (AvgIpc) is 2.69. The maximum atomic E-state index is 13.8. The monoisotopic (exact) mass is 332 g/mol. The summed E-state index contributed by atoms with van der Waals surface area (Å²) in [4.78, 5) is 13.8. The first-order valence-electron chi connectivity index (χ1n) is 6.09. The standard InChI is InChI=1S/C13H15BrF2N2O/c1-7-2-8(5-17)6-18(7)13(19)12-10(15)3-9(14)4-11(12)16/h3-4,7-8H,2,5-6,17H2,1H3. The van der Waals surface area contributed by atoms with Crippen molar-refractivity contribution >= 4 is 21.8 Å². The Kier molecular flexibility index (Phi) is 4.20. The highest BCUT2D eigenvalue weighted by Gasteiger charge is 2.34. The number of amides is 1. The van der Waals surface area contributed by atoms with Gasteiger partial charge in [-0.05, 0) is 37.9 Å². The molecule has 1 aromatic rings. The molecule has 2 unspecified atom stereocenters. The van der Waals surface area contributed by atoms with Crippen LogP contribution in [0.25, 0.3) is 0 Å². The smallest absolute Gasteiger partial charge is 0.260 e. The highest BCUT2D eigenvalue weighted by Crippen LogP contribution is 2.27. The number of rotatable bonds is 2. The van der Waals surface area contributed by atoms with Crippen LogP contribution in [0.15, 0.2) is 16.6 Å². The lowest BCUT2D eigenvalue weighted by Gasteiger charge is -2.22. The predicted octanol–water partition coefficient (Wildman–Crippen LogP) is 2.54. The number of carbonyl (C=O) groups is 1. The Morgan fingerprint density at radius 3 is 2.53 bits per heavy atom. The fraction of sp³-hybridized carbons (Fsp3) is 0.462. The third-order valence-corrected chi connectivity index (χ3v) is 3.93. The molecule has 2 N–H and O–H groups in total.